The molecule has 2 aliphatic heterocycles. The highest BCUT2D eigenvalue weighted by Crippen LogP contribution is 2.52. The van der Waals surface area contributed by atoms with Crippen molar-refractivity contribution in [3.8, 4) is 0 Å². The van der Waals surface area contributed by atoms with Gasteiger partial charge in [0.2, 0.25) is 5.91 Å². The molecule has 0 radical (unpaired) electrons. The Morgan fingerprint density at radius 3 is 2.14 bits per heavy atom. The molecule has 0 spiro atoms. The fourth-order valence-electron chi connectivity index (χ4n) is 6.12. The van der Waals surface area contributed by atoms with Gasteiger partial charge in [0.1, 0.15) is 11.0 Å². The lowest BCUT2D eigenvalue weighted by Crippen LogP contribution is -2.44. The molecule has 198 valence electrons. The first kappa shape index (κ1) is 26.3. The fraction of sp³-hybridized carbons (Fsp3) is 0.552. The molecule has 8 heteroatoms. The van der Waals surface area contributed by atoms with Gasteiger partial charge in [-0.1, -0.05) is 41.4 Å². The summed E-state index contributed by atoms with van der Waals surface area (Å²) in [5.74, 6) is 2.37. The summed E-state index contributed by atoms with van der Waals surface area (Å²) in [5, 5.41) is 0.979. The third kappa shape index (κ3) is 5.46. The van der Waals surface area contributed by atoms with Gasteiger partial charge >= 0.3 is 0 Å². The van der Waals surface area contributed by atoms with Gasteiger partial charge in [0.25, 0.3) is 5.91 Å². The number of rotatable bonds is 6. The molecule has 37 heavy (non-hydrogen) atoms. The van der Waals surface area contributed by atoms with Crippen LogP contribution in [0, 0.1) is 11.8 Å². The van der Waals surface area contributed by atoms with Crippen molar-refractivity contribution >= 4 is 40.8 Å². The summed E-state index contributed by atoms with van der Waals surface area (Å²) in [6.07, 6.45) is 7.48. The third-order valence-corrected chi connectivity index (χ3v) is 9.14. The van der Waals surface area contributed by atoms with E-state index >= 15 is 0 Å². The van der Waals surface area contributed by atoms with Crippen LogP contribution >= 0.6 is 23.2 Å². The summed E-state index contributed by atoms with van der Waals surface area (Å²) in [6, 6.07) is 11.5. The van der Waals surface area contributed by atoms with Crippen molar-refractivity contribution in [2.75, 3.05) is 45.2 Å². The van der Waals surface area contributed by atoms with E-state index in [0.29, 0.717) is 22.4 Å². The molecule has 1 saturated carbocycles. The molecule has 0 N–H and O–H groups in total. The van der Waals surface area contributed by atoms with Gasteiger partial charge in [-0.25, -0.2) is 4.98 Å². The molecular formula is C29H36Cl2N4O2. The molecule has 6 nitrogen and oxygen atoms in total. The van der Waals surface area contributed by atoms with Crippen LogP contribution in [0.5, 0.6) is 0 Å². The van der Waals surface area contributed by atoms with E-state index in [2.05, 4.69) is 14.8 Å². The van der Waals surface area contributed by atoms with Crippen molar-refractivity contribution in [3.63, 3.8) is 0 Å². The van der Waals surface area contributed by atoms with Crippen LogP contribution in [0.3, 0.4) is 0 Å². The van der Waals surface area contributed by atoms with E-state index in [9.17, 15) is 9.59 Å². The summed E-state index contributed by atoms with van der Waals surface area (Å²) in [4.78, 5) is 36.1. The lowest BCUT2D eigenvalue weighted by molar-refractivity contribution is -0.135. The minimum absolute atomic E-state index is 0.133. The number of carbonyl (C=O) groups is 2. The highest BCUT2D eigenvalue weighted by Gasteiger charge is 2.54. The Balaban J connectivity index is 1.10. The van der Waals surface area contributed by atoms with Crippen LogP contribution in [0.25, 0.3) is 0 Å². The maximum absolute atomic E-state index is 13.4. The smallest absolute Gasteiger partial charge is 0.256 e. The van der Waals surface area contributed by atoms with Crippen molar-refractivity contribution in [3.05, 3.63) is 57.7 Å². The van der Waals surface area contributed by atoms with E-state index in [1.54, 1.807) is 20.2 Å². The summed E-state index contributed by atoms with van der Waals surface area (Å²) in [7, 11) is 3.42. The van der Waals surface area contributed by atoms with Gasteiger partial charge in [-0.3, -0.25) is 9.59 Å². The number of benzene rings is 1. The summed E-state index contributed by atoms with van der Waals surface area (Å²) >= 11 is 12.8. The SMILES string of the molecule is CN(C)C(=O)c1ccc(N2CCC(CC3CCN(C(=O)C4(c5ccccc5Cl)CC4)CC3)CC2)nc1Cl. The second-order valence-corrected chi connectivity index (χ2v) is 11.9. The van der Waals surface area contributed by atoms with Crippen LogP contribution in [0.1, 0.15) is 60.9 Å². The molecule has 3 aliphatic rings. The molecule has 1 aromatic carbocycles. The van der Waals surface area contributed by atoms with Crippen molar-refractivity contribution < 1.29 is 9.59 Å². The molecule has 3 heterocycles. The predicted octanol–water partition coefficient (Wildman–Crippen LogP) is 5.67. The van der Waals surface area contributed by atoms with Crippen LogP contribution < -0.4 is 4.90 Å². The maximum atomic E-state index is 13.4. The number of hydrogen-bond donors (Lipinski definition) is 0. The Morgan fingerprint density at radius 2 is 1.57 bits per heavy atom. The van der Waals surface area contributed by atoms with Gasteiger partial charge in [-0.05, 0) is 80.5 Å². The number of amides is 2. The maximum Gasteiger partial charge on any atom is 0.256 e. The lowest BCUT2D eigenvalue weighted by Gasteiger charge is -2.38. The normalized spacial score (nSPS) is 20.1. The lowest BCUT2D eigenvalue weighted by atomic mass is 9.82. The molecule has 2 amide bonds. The van der Waals surface area contributed by atoms with E-state index in [1.165, 1.54) is 11.3 Å². The quantitative estimate of drug-likeness (QED) is 0.441. The minimum Gasteiger partial charge on any atom is -0.357 e. The van der Waals surface area contributed by atoms with Crippen molar-refractivity contribution in [1.29, 1.82) is 0 Å². The molecule has 3 fully saturated rings. The Kier molecular flexibility index (Phi) is 7.69. The molecule has 2 saturated heterocycles. The first-order valence-electron chi connectivity index (χ1n) is 13.5. The van der Waals surface area contributed by atoms with Crippen LogP contribution in [-0.2, 0) is 10.2 Å². The van der Waals surface area contributed by atoms with E-state index in [1.807, 2.05) is 30.3 Å². The highest BCUT2D eigenvalue weighted by atomic mass is 35.5. The monoisotopic (exact) mass is 542 g/mol. The number of hydrogen-bond acceptors (Lipinski definition) is 4. The first-order chi connectivity index (χ1) is 17.8. The number of pyridine rings is 1. The summed E-state index contributed by atoms with van der Waals surface area (Å²) < 4.78 is 0. The van der Waals surface area contributed by atoms with Gasteiger partial charge in [-0.2, -0.15) is 0 Å². The van der Waals surface area contributed by atoms with Gasteiger partial charge in [0.05, 0.1) is 11.0 Å². The molecular weight excluding hydrogens is 507 g/mol. The van der Waals surface area contributed by atoms with Gasteiger partial charge in [0.15, 0.2) is 0 Å². The largest absolute Gasteiger partial charge is 0.357 e. The van der Waals surface area contributed by atoms with Crippen molar-refractivity contribution in [2.24, 2.45) is 11.8 Å². The standard InChI is InChI=1S/C29H36Cl2N4O2/c1-33(2)27(36)22-7-8-25(32-26(22)31)34-15-9-20(10-16-34)19-21-11-17-35(18-12-21)28(37)29(13-14-29)23-5-3-4-6-24(23)30/h3-8,20-21H,9-19H2,1-2H3. The topological polar surface area (TPSA) is 56.8 Å². The zero-order valence-corrected chi connectivity index (χ0v) is 23.3. The second-order valence-electron chi connectivity index (χ2n) is 11.2. The Bertz CT molecular complexity index is 1150. The summed E-state index contributed by atoms with van der Waals surface area (Å²) in [6.45, 7) is 3.61. The van der Waals surface area contributed by atoms with Gasteiger partial charge in [0, 0.05) is 45.3 Å². The second kappa shape index (κ2) is 10.8. The van der Waals surface area contributed by atoms with Crippen LogP contribution in [-0.4, -0.2) is 66.9 Å². The molecule has 2 aromatic rings. The third-order valence-electron chi connectivity index (χ3n) is 8.53. The highest BCUT2D eigenvalue weighted by molar-refractivity contribution is 6.32. The molecule has 5 rings (SSSR count). The van der Waals surface area contributed by atoms with Crippen molar-refractivity contribution in [2.45, 2.75) is 50.4 Å². The number of likely N-dealkylation sites (tertiary alicyclic amines) is 1. The molecule has 1 aliphatic carbocycles. The first-order valence-corrected chi connectivity index (χ1v) is 14.2. The number of anilines is 1. The van der Waals surface area contributed by atoms with Gasteiger partial charge in [-0.15, -0.1) is 0 Å². The fourth-order valence-corrected chi connectivity index (χ4v) is 6.66. The van der Waals surface area contributed by atoms with Gasteiger partial charge < -0.3 is 14.7 Å². The Hall–Kier alpha value is -2.31. The summed E-state index contributed by atoms with van der Waals surface area (Å²) in [5.41, 5.74) is 1.06. The zero-order valence-electron chi connectivity index (χ0n) is 21.8. The average molecular weight is 544 g/mol. The zero-order chi connectivity index (χ0) is 26.2. The number of nitrogens with zero attached hydrogens (tertiary/aromatic N) is 4. The Labute approximate surface area is 229 Å². The van der Waals surface area contributed by atoms with E-state index in [-0.39, 0.29) is 22.4 Å². The number of halogens is 2. The Morgan fingerprint density at radius 1 is 0.946 bits per heavy atom. The van der Waals surface area contributed by atoms with E-state index < -0.39 is 0 Å². The number of piperidine rings is 2. The minimum atomic E-state index is -0.382. The molecule has 1 aromatic heterocycles. The van der Waals surface area contributed by atoms with Crippen LogP contribution in [0.15, 0.2) is 36.4 Å². The average Bonchev–Trinajstić information content (AvgIpc) is 3.71. The van der Waals surface area contributed by atoms with Crippen molar-refractivity contribution in [1.82, 2.24) is 14.8 Å². The molecule has 0 atom stereocenters. The van der Waals surface area contributed by atoms with E-state index in [0.717, 1.165) is 76.1 Å². The number of aromatic nitrogens is 1. The van der Waals surface area contributed by atoms with Crippen LogP contribution in [0.4, 0.5) is 5.82 Å². The molecule has 0 unspecified atom stereocenters. The van der Waals surface area contributed by atoms with Crippen LogP contribution in [0.2, 0.25) is 10.2 Å². The number of carbonyl (C=O) groups excluding carboxylic acids is 2. The predicted molar refractivity (Wildman–Crippen MR) is 148 cm³/mol. The van der Waals surface area contributed by atoms with E-state index in [4.69, 9.17) is 23.2 Å². The molecule has 0 bridgehead atoms.